The number of nitrogens with two attached hydrogens (primary N) is 4. The van der Waals surface area contributed by atoms with E-state index in [1.807, 2.05) is 30.3 Å². The Kier molecular flexibility index (Phi) is 2.78. The molecular formula is C13H16N4. The fourth-order valence-electron chi connectivity index (χ4n) is 1.80. The summed E-state index contributed by atoms with van der Waals surface area (Å²) in [5.41, 5.74) is 27.2. The summed E-state index contributed by atoms with van der Waals surface area (Å²) in [5, 5.41) is 0. The van der Waals surface area contributed by atoms with Gasteiger partial charge in [-0.3, -0.25) is 0 Å². The van der Waals surface area contributed by atoms with Crippen LogP contribution in [0.5, 0.6) is 0 Å². The van der Waals surface area contributed by atoms with Crippen molar-refractivity contribution in [3.63, 3.8) is 0 Å². The molecule has 0 amide bonds. The van der Waals surface area contributed by atoms with E-state index in [0.717, 1.165) is 11.1 Å². The van der Waals surface area contributed by atoms with E-state index in [-0.39, 0.29) is 0 Å². The van der Waals surface area contributed by atoms with Crippen molar-refractivity contribution in [1.29, 1.82) is 0 Å². The predicted molar refractivity (Wildman–Crippen MR) is 73.3 cm³/mol. The summed E-state index contributed by atoms with van der Waals surface area (Å²) in [7, 11) is 0. The smallest absolute Gasteiger partial charge is 0.0785 e. The maximum absolute atomic E-state index is 5.95. The van der Waals surface area contributed by atoms with Crippen LogP contribution in [-0.2, 0) is 6.42 Å². The van der Waals surface area contributed by atoms with Crippen LogP contribution >= 0.6 is 0 Å². The molecule has 0 saturated heterocycles. The summed E-state index contributed by atoms with van der Waals surface area (Å²) in [6.07, 6.45) is 0.656. The van der Waals surface area contributed by atoms with E-state index in [1.165, 1.54) is 0 Å². The largest absolute Gasteiger partial charge is 0.398 e. The molecule has 0 saturated carbocycles. The third kappa shape index (κ3) is 2.10. The molecule has 0 radical (unpaired) electrons. The highest BCUT2D eigenvalue weighted by molar-refractivity contribution is 5.85. The molecule has 2 aromatic rings. The first-order chi connectivity index (χ1) is 8.09. The predicted octanol–water partition coefficient (Wildman–Crippen LogP) is 1.61. The Balaban J connectivity index is 2.43. The second-order valence-corrected chi connectivity index (χ2v) is 4.02. The monoisotopic (exact) mass is 228 g/mol. The van der Waals surface area contributed by atoms with E-state index in [2.05, 4.69) is 0 Å². The quantitative estimate of drug-likeness (QED) is 0.586. The van der Waals surface area contributed by atoms with Crippen molar-refractivity contribution >= 4 is 22.7 Å². The van der Waals surface area contributed by atoms with Crippen molar-refractivity contribution in [3.8, 4) is 0 Å². The fraction of sp³-hybridized carbons (Fsp3) is 0.0769. The van der Waals surface area contributed by atoms with Gasteiger partial charge in [0, 0.05) is 17.7 Å². The Morgan fingerprint density at radius 3 is 2.06 bits per heavy atom. The molecule has 0 atom stereocenters. The summed E-state index contributed by atoms with van der Waals surface area (Å²) in [4.78, 5) is 0. The zero-order chi connectivity index (χ0) is 12.4. The maximum Gasteiger partial charge on any atom is 0.0785 e. The molecule has 2 rings (SSSR count). The molecular weight excluding hydrogens is 212 g/mol. The van der Waals surface area contributed by atoms with E-state index in [1.54, 1.807) is 6.07 Å². The third-order valence-electron chi connectivity index (χ3n) is 2.81. The van der Waals surface area contributed by atoms with Gasteiger partial charge in [0.1, 0.15) is 0 Å². The van der Waals surface area contributed by atoms with Gasteiger partial charge in [-0.05, 0) is 11.6 Å². The number of benzene rings is 2. The minimum atomic E-state index is 0.408. The normalized spacial score (nSPS) is 10.4. The molecule has 0 aliphatic heterocycles. The lowest BCUT2D eigenvalue weighted by Gasteiger charge is -2.13. The molecule has 0 fully saturated rings. The molecule has 17 heavy (non-hydrogen) atoms. The zero-order valence-electron chi connectivity index (χ0n) is 9.48. The molecule has 0 aliphatic rings. The maximum atomic E-state index is 5.95. The molecule has 4 heteroatoms. The highest BCUT2D eigenvalue weighted by atomic mass is 14.8. The van der Waals surface area contributed by atoms with E-state index < -0.39 is 0 Å². The molecule has 0 spiro atoms. The first-order valence-electron chi connectivity index (χ1n) is 5.35. The first-order valence-corrected chi connectivity index (χ1v) is 5.35. The van der Waals surface area contributed by atoms with Crippen LogP contribution < -0.4 is 22.9 Å². The van der Waals surface area contributed by atoms with Crippen LogP contribution in [0.25, 0.3) is 0 Å². The van der Waals surface area contributed by atoms with Gasteiger partial charge in [0.2, 0.25) is 0 Å². The van der Waals surface area contributed by atoms with Crippen LogP contribution in [0, 0.1) is 0 Å². The topological polar surface area (TPSA) is 104 Å². The van der Waals surface area contributed by atoms with Crippen LogP contribution in [0.2, 0.25) is 0 Å². The van der Waals surface area contributed by atoms with Crippen molar-refractivity contribution in [2.75, 3.05) is 22.9 Å². The van der Waals surface area contributed by atoms with Gasteiger partial charge in [-0.25, -0.2) is 0 Å². The van der Waals surface area contributed by atoms with Crippen LogP contribution in [0.3, 0.4) is 0 Å². The van der Waals surface area contributed by atoms with E-state index in [4.69, 9.17) is 22.9 Å². The zero-order valence-corrected chi connectivity index (χ0v) is 9.48. The number of hydrogen-bond donors (Lipinski definition) is 4. The fourth-order valence-corrected chi connectivity index (χ4v) is 1.80. The number of hydrogen-bond acceptors (Lipinski definition) is 4. The summed E-state index contributed by atoms with van der Waals surface area (Å²) in [5.74, 6) is 0. The molecule has 2 aromatic carbocycles. The summed E-state index contributed by atoms with van der Waals surface area (Å²) in [6, 6.07) is 11.6. The molecule has 4 nitrogen and oxygen atoms in total. The lowest BCUT2D eigenvalue weighted by molar-refractivity contribution is 1.20. The molecule has 88 valence electrons. The second-order valence-electron chi connectivity index (χ2n) is 4.02. The molecule has 0 aliphatic carbocycles. The van der Waals surface area contributed by atoms with Gasteiger partial charge in [-0.15, -0.1) is 0 Å². The van der Waals surface area contributed by atoms with Gasteiger partial charge >= 0.3 is 0 Å². The standard InChI is InChI=1S/C13H16N4/c14-10-7-11(15)13(17)12(16)9(10)6-8-4-2-1-3-5-8/h1-5,7H,6,14-17H2. The van der Waals surface area contributed by atoms with Gasteiger partial charge in [-0.2, -0.15) is 0 Å². The van der Waals surface area contributed by atoms with E-state index in [9.17, 15) is 0 Å². The van der Waals surface area contributed by atoms with Gasteiger partial charge in [0.05, 0.1) is 17.1 Å². The van der Waals surface area contributed by atoms with Gasteiger partial charge in [-0.1, -0.05) is 30.3 Å². The van der Waals surface area contributed by atoms with E-state index >= 15 is 0 Å². The van der Waals surface area contributed by atoms with Crippen molar-refractivity contribution in [3.05, 3.63) is 47.5 Å². The summed E-state index contributed by atoms with van der Waals surface area (Å²) in [6.45, 7) is 0. The Bertz CT molecular complexity index is 535. The van der Waals surface area contributed by atoms with Crippen molar-refractivity contribution in [1.82, 2.24) is 0 Å². The Hall–Kier alpha value is -2.36. The number of rotatable bonds is 2. The highest BCUT2D eigenvalue weighted by Gasteiger charge is 2.11. The first kappa shape index (κ1) is 11.1. The summed E-state index contributed by atoms with van der Waals surface area (Å²) >= 11 is 0. The average molecular weight is 228 g/mol. The Labute approximate surface area is 100 Å². The van der Waals surface area contributed by atoms with Crippen LogP contribution in [0.4, 0.5) is 22.7 Å². The van der Waals surface area contributed by atoms with Crippen molar-refractivity contribution in [2.45, 2.75) is 6.42 Å². The van der Waals surface area contributed by atoms with Gasteiger partial charge < -0.3 is 22.9 Å². The van der Waals surface area contributed by atoms with Gasteiger partial charge in [0.15, 0.2) is 0 Å². The number of nitrogen functional groups attached to an aromatic ring is 4. The summed E-state index contributed by atoms with van der Waals surface area (Å²) < 4.78 is 0. The highest BCUT2D eigenvalue weighted by Crippen LogP contribution is 2.33. The Morgan fingerprint density at radius 2 is 1.41 bits per heavy atom. The molecule has 0 heterocycles. The van der Waals surface area contributed by atoms with Crippen LogP contribution in [-0.4, -0.2) is 0 Å². The Morgan fingerprint density at radius 1 is 0.765 bits per heavy atom. The minimum Gasteiger partial charge on any atom is -0.398 e. The molecule has 8 N–H and O–H groups in total. The molecule has 0 unspecified atom stereocenters. The number of anilines is 4. The second kappa shape index (κ2) is 4.25. The lowest BCUT2D eigenvalue weighted by Crippen LogP contribution is -2.07. The molecule has 0 bridgehead atoms. The minimum absolute atomic E-state index is 0.408. The lowest BCUT2D eigenvalue weighted by atomic mass is 10.00. The van der Waals surface area contributed by atoms with Gasteiger partial charge in [0.25, 0.3) is 0 Å². The van der Waals surface area contributed by atoms with Crippen LogP contribution in [0.15, 0.2) is 36.4 Å². The van der Waals surface area contributed by atoms with Crippen molar-refractivity contribution in [2.24, 2.45) is 0 Å². The average Bonchev–Trinajstić information content (AvgIpc) is 2.33. The van der Waals surface area contributed by atoms with Crippen LogP contribution in [0.1, 0.15) is 11.1 Å². The molecule has 0 aromatic heterocycles. The third-order valence-corrected chi connectivity index (χ3v) is 2.81. The van der Waals surface area contributed by atoms with E-state index in [0.29, 0.717) is 29.2 Å². The van der Waals surface area contributed by atoms with Crippen molar-refractivity contribution < 1.29 is 0 Å². The SMILES string of the molecule is Nc1cc(N)c(Cc2ccccc2)c(N)c1N.